The summed E-state index contributed by atoms with van der Waals surface area (Å²) < 4.78 is 0. The van der Waals surface area contributed by atoms with Gasteiger partial charge in [0.05, 0.1) is 23.2 Å². The Balaban J connectivity index is 2.13. The Hall–Kier alpha value is -2.05. The van der Waals surface area contributed by atoms with Crippen molar-refractivity contribution >= 4 is 17.8 Å². The van der Waals surface area contributed by atoms with E-state index in [2.05, 4.69) is 20.5 Å². The fourth-order valence-corrected chi connectivity index (χ4v) is 2.77. The zero-order valence-corrected chi connectivity index (χ0v) is 12.7. The Kier molecular flexibility index (Phi) is 3.93. The van der Waals surface area contributed by atoms with Crippen LogP contribution in [0.3, 0.4) is 0 Å². The number of nitrogens with zero attached hydrogens (tertiary/aromatic N) is 3. The van der Waals surface area contributed by atoms with E-state index in [-0.39, 0.29) is 11.9 Å². The maximum Gasteiger partial charge on any atom is 0.307 e. The van der Waals surface area contributed by atoms with Crippen LogP contribution in [0.25, 0.3) is 0 Å². The molecule has 0 unspecified atom stereocenters. The first-order valence-electron chi connectivity index (χ1n) is 7.09. The van der Waals surface area contributed by atoms with E-state index in [0.29, 0.717) is 6.42 Å². The van der Waals surface area contributed by atoms with Gasteiger partial charge in [-0.25, -0.2) is 4.98 Å². The highest BCUT2D eigenvalue weighted by Gasteiger charge is 2.66. The summed E-state index contributed by atoms with van der Waals surface area (Å²) in [7, 11) is 0. The third-order valence-electron chi connectivity index (χ3n) is 4.12. The molecule has 114 valence electrons. The average Bonchev–Trinajstić information content (AvgIpc) is 3.01. The van der Waals surface area contributed by atoms with Crippen LogP contribution in [0.4, 0.5) is 5.95 Å². The third kappa shape index (κ3) is 2.72. The van der Waals surface area contributed by atoms with Crippen molar-refractivity contribution in [3.05, 3.63) is 11.4 Å². The second-order valence-corrected chi connectivity index (χ2v) is 5.84. The summed E-state index contributed by atoms with van der Waals surface area (Å²) in [5, 5.41) is 19.6. The number of rotatable bonds is 5. The summed E-state index contributed by atoms with van der Waals surface area (Å²) in [4.78, 5) is 27.6. The van der Waals surface area contributed by atoms with Crippen LogP contribution in [0.5, 0.6) is 0 Å². The number of carboxylic acids is 1. The fraction of sp³-hybridized carbons (Fsp3) is 0.643. The highest BCUT2D eigenvalue weighted by Crippen LogP contribution is 2.58. The van der Waals surface area contributed by atoms with Gasteiger partial charge in [0.25, 0.3) is 0 Å². The van der Waals surface area contributed by atoms with E-state index in [4.69, 9.17) is 5.11 Å². The first kappa shape index (κ1) is 15.3. The lowest BCUT2D eigenvalue weighted by atomic mass is 10.1. The van der Waals surface area contributed by atoms with Crippen LogP contribution < -0.4 is 5.32 Å². The molecule has 0 aromatic carbocycles. The van der Waals surface area contributed by atoms with Crippen LogP contribution in [0.1, 0.15) is 39.1 Å². The van der Waals surface area contributed by atoms with Gasteiger partial charge >= 0.3 is 5.97 Å². The first-order chi connectivity index (χ1) is 9.82. The average molecular weight is 292 g/mol. The molecule has 0 saturated heterocycles. The number of carbonyl (C=O) groups is 2. The minimum Gasteiger partial charge on any atom is -0.481 e. The Labute approximate surface area is 123 Å². The van der Waals surface area contributed by atoms with Crippen LogP contribution in [-0.4, -0.2) is 32.2 Å². The number of aliphatic carboxylic acids is 1. The summed E-state index contributed by atoms with van der Waals surface area (Å²) in [5.74, 6) is -2.39. The zero-order chi connectivity index (χ0) is 15.8. The first-order valence-corrected chi connectivity index (χ1v) is 7.09. The van der Waals surface area contributed by atoms with Crippen LogP contribution in [0.2, 0.25) is 0 Å². The molecule has 0 spiro atoms. The smallest absolute Gasteiger partial charge is 0.307 e. The minimum absolute atomic E-state index is 0.140. The van der Waals surface area contributed by atoms with Crippen LogP contribution in [-0.2, 0) is 22.4 Å². The van der Waals surface area contributed by atoms with Gasteiger partial charge in [0, 0.05) is 0 Å². The number of aromatic nitrogens is 3. The second kappa shape index (κ2) is 5.38. The molecule has 7 nitrogen and oxygen atoms in total. The number of aryl methyl sites for hydroxylation is 2. The number of hydrogen-bond acceptors (Lipinski definition) is 5. The van der Waals surface area contributed by atoms with Gasteiger partial charge in [-0.3, -0.25) is 14.9 Å². The summed E-state index contributed by atoms with van der Waals surface area (Å²) in [5.41, 5.74) is 1.07. The van der Waals surface area contributed by atoms with E-state index < -0.39 is 23.2 Å². The van der Waals surface area contributed by atoms with Gasteiger partial charge in [0.2, 0.25) is 11.9 Å². The highest BCUT2D eigenvalue weighted by molar-refractivity contribution is 5.98. The molecule has 1 aromatic heterocycles. The van der Waals surface area contributed by atoms with Gasteiger partial charge in [-0.1, -0.05) is 27.7 Å². The fourth-order valence-electron chi connectivity index (χ4n) is 2.77. The lowest BCUT2D eigenvalue weighted by Gasteiger charge is -2.07. The van der Waals surface area contributed by atoms with E-state index >= 15 is 0 Å². The van der Waals surface area contributed by atoms with Crippen molar-refractivity contribution < 1.29 is 14.7 Å². The van der Waals surface area contributed by atoms with E-state index in [0.717, 1.165) is 17.8 Å². The molecule has 0 radical (unpaired) electrons. The summed E-state index contributed by atoms with van der Waals surface area (Å²) in [6.45, 7) is 7.46. The number of hydrogen-bond donors (Lipinski definition) is 2. The third-order valence-corrected chi connectivity index (χ3v) is 4.12. The summed E-state index contributed by atoms with van der Waals surface area (Å²) >= 11 is 0. The largest absolute Gasteiger partial charge is 0.481 e. The van der Waals surface area contributed by atoms with Gasteiger partial charge in [-0.15, -0.1) is 10.2 Å². The molecule has 1 aliphatic rings. The van der Waals surface area contributed by atoms with Crippen molar-refractivity contribution in [2.24, 2.45) is 17.3 Å². The second-order valence-electron chi connectivity index (χ2n) is 5.84. The summed E-state index contributed by atoms with van der Waals surface area (Å²) in [6.07, 6.45) is 1.43. The number of carbonyl (C=O) groups excluding carboxylic acids is 1. The van der Waals surface area contributed by atoms with Crippen molar-refractivity contribution in [3.8, 4) is 0 Å². The van der Waals surface area contributed by atoms with Gasteiger partial charge in [-0.05, 0) is 18.3 Å². The number of anilines is 1. The molecule has 2 atom stereocenters. The number of nitrogens with one attached hydrogen (secondary N) is 1. The Morgan fingerprint density at radius 2 is 1.76 bits per heavy atom. The van der Waals surface area contributed by atoms with Gasteiger partial charge in [0.15, 0.2) is 0 Å². The quantitative estimate of drug-likeness (QED) is 0.847. The van der Waals surface area contributed by atoms with Gasteiger partial charge in [-0.2, -0.15) is 0 Å². The molecule has 1 aliphatic carbocycles. The Morgan fingerprint density at radius 1 is 1.14 bits per heavy atom. The minimum atomic E-state index is -0.949. The van der Waals surface area contributed by atoms with E-state index in [1.807, 2.05) is 13.8 Å². The standard InChI is InChI=1S/C14H20N4O3/c1-5-7-8(6-2)17-18-13(15-7)16-11(19)9-10(12(20)21)14(9,3)4/h9-10H,5-6H2,1-4H3,(H,20,21)(H,15,16,18,19)/t9-,10+/m1/s1. The lowest BCUT2D eigenvalue weighted by Crippen LogP contribution is -2.20. The zero-order valence-electron chi connectivity index (χ0n) is 12.7. The van der Waals surface area contributed by atoms with E-state index in [1.165, 1.54) is 0 Å². The lowest BCUT2D eigenvalue weighted by molar-refractivity contribution is -0.140. The predicted octanol–water partition coefficient (Wildman–Crippen LogP) is 1.29. The van der Waals surface area contributed by atoms with E-state index in [9.17, 15) is 9.59 Å². The van der Waals surface area contributed by atoms with E-state index in [1.54, 1.807) is 13.8 Å². The highest BCUT2D eigenvalue weighted by atomic mass is 16.4. The normalized spacial score (nSPS) is 22.7. The molecule has 2 rings (SSSR count). The topological polar surface area (TPSA) is 105 Å². The Morgan fingerprint density at radius 3 is 2.24 bits per heavy atom. The molecule has 1 aromatic rings. The maximum atomic E-state index is 12.2. The molecule has 0 aliphatic heterocycles. The molecule has 1 heterocycles. The van der Waals surface area contributed by atoms with Crippen LogP contribution >= 0.6 is 0 Å². The van der Waals surface area contributed by atoms with Crippen molar-refractivity contribution in [2.45, 2.75) is 40.5 Å². The SMILES string of the molecule is CCc1nnc(NC(=O)[C@H]2[C@@H](C(=O)O)C2(C)C)nc1CC. The monoisotopic (exact) mass is 292 g/mol. The molecular formula is C14H20N4O3. The van der Waals surface area contributed by atoms with Crippen LogP contribution in [0, 0.1) is 17.3 Å². The molecular weight excluding hydrogens is 272 g/mol. The molecule has 1 fully saturated rings. The van der Waals surface area contributed by atoms with Crippen LogP contribution in [0.15, 0.2) is 0 Å². The number of carboxylic acid groups (broad SMARTS) is 1. The van der Waals surface area contributed by atoms with Crippen molar-refractivity contribution in [2.75, 3.05) is 5.32 Å². The maximum absolute atomic E-state index is 12.2. The molecule has 21 heavy (non-hydrogen) atoms. The molecule has 0 bridgehead atoms. The molecule has 7 heteroatoms. The van der Waals surface area contributed by atoms with Crippen molar-refractivity contribution in [1.29, 1.82) is 0 Å². The molecule has 2 N–H and O–H groups in total. The number of amides is 1. The Bertz CT molecular complexity index is 586. The van der Waals surface area contributed by atoms with Gasteiger partial charge < -0.3 is 5.11 Å². The molecule has 1 saturated carbocycles. The van der Waals surface area contributed by atoms with Gasteiger partial charge in [0.1, 0.15) is 0 Å². The summed E-state index contributed by atoms with van der Waals surface area (Å²) in [6, 6.07) is 0. The predicted molar refractivity (Wildman–Crippen MR) is 75.6 cm³/mol. The van der Waals surface area contributed by atoms with Crippen molar-refractivity contribution in [1.82, 2.24) is 15.2 Å². The molecule has 1 amide bonds. The van der Waals surface area contributed by atoms with Crippen molar-refractivity contribution in [3.63, 3.8) is 0 Å².